The van der Waals surface area contributed by atoms with Crippen molar-refractivity contribution in [2.45, 2.75) is 45.1 Å². The van der Waals surface area contributed by atoms with Crippen LogP contribution in [0.4, 0.5) is 11.4 Å². The summed E-state index contributed by atoms with van der Waals surface area (Å²) in [5.41, 5.74) is 1.65. The third kappa shape index (κ3) is 5.36. The van der Waals surface area contributed by atoms with E-state index in [-0.39, 0.29) is 17.7 Å². The minimum Gasteiger partial charge on any atom is -0.381 e. The van der Waals surface area contributed by atoms with E-state index in [4.69, 9.17) is 16.3 Å². The fraction of sp³-hybridized carbons (Fsp3) is 0.600. The highest BCUT2D eigenvalue weighted by Gasteiger charge is 2.25. The van der Waals surface area contributed by atoms with Crippen molar-refractivity contribution in [2.24, 2.45) is 5.92 Å². The number of piperidine rings is 1. The Morgan fingerprint density at radius 3 is 2.56 bits per heavy atom. The number of nitrogens with zero attached hydrogens (tertiary/aromatic N) is 1. The van der Waals surface area contributed by atoms with Gasteiger partial charge in [0.15, 0.2) is 0 Å². The highest BCUT2D eigenvalue weighted by Crippen LogP contribution is 2.30. The molecule has 2 aliphatic heterocycles. The van der Waals surface area contributed by atoms with Crippen LogP contribution in [-0.2, 0) is 14.3 Å². The van der Waals surface area contributed by atoms with Crippen molar-refractivity contribution in [2.75, 3.05) is 36.5 Å². The Morgan fingerprint density at radius 2 is 1.89 bits per heavy atom. The Kier molecular flexibility index (Phi) is 6.96. The van der Waals surface area contributed by atoms with E-state index in [9.17, 15) is 9.59 Å². The van der Waals surface area contributed by atoms with Crippen LogP contribution in [0.5, 0.6) is 0 Å². The number of ether oxygens (including phenoxy) is 1. The Hall–Kier alpha value is -1.79. The monoisotopic (exact) mass is 393 g/mol. The van der Waals surface area contributed by atoms with Gasteiger partial charge in [0.1, 0.15) is 6.04 Å². The summed E-state index contributed by atoms with van der Waals surface area (Å²) in [5, 5.41) is 6.27. The zero-order valence-electron chi connectivity index (χ0n) is 15.8. The predicted molar refractivity (Wildman–Crippen MR) is 107 cm³/mol. The van der Waals surface area contributed by atoms with E-state index in [2.05, 4.69) is 15.5 Å². The van der Waals surface area contributed by atoms with E-state index < -0.39 is 6.04 Å². The van der Waals surface area contributed by atoms with Gasteiger partial charge < -0.3 is 20.3 Å². The molecule has 1 aromatic carbocycles. The molecule has 7 heteroatoms. The largest absolute Gasteiger partial charge is 0.381 e. The van der Waals surface area contributed by atoms with E-state index in [0.717, 1.165) is 18.8 Å². The van der Waals surface area contributed by atoms with Gasteiger partial charge in [-0.05, 0) is 57.2 Å². The van der Waals surface area contributed by atoms with Gasteiger partial charge >= 0.3 is 0 Å². The number of hydrogen-bond donors (Lipinski definition) is 2. The van der Waals surface area contributed by atoms with Crippen LogP contribution in [0, 0.1) is 5.92 Å². The van der Waals surface area contributed by atoms with Gasteiger partial charge in [-0.3, -0.25) is 9.59 Å². The Balaban J connectivity index is 1.54. The predicted octanol–water partition coefficient (Wildman–Crippen LogP) is 3.20. The van der Waals surface area contributed by atoms with Gasteiger partial charge in [0.05, 0.1) is 10.7 Å². The molecule has 2 aliphatic rings. The van der Waals surface area contributed by atoms with Crippen molar-refractivity contribution < 1.29 is 14.3 Å². The number of amides is 2. The minimum atomic E-state index is -0.610. The van der Waals surface area contributed by atoms with E-state index in [1.807, 2.05) is 12.1 Å². The Bertz CT molecular complexity index is 670. The second-order valence-corrected chi connectivity index (χ2v) is 7.73. The van der Waals surface area contributed by atoms with Crippen LogP contribution in [0.15, 0.2) is 18.2 Å². The lowest BCUT2D eigenvalue weighted by Gasteiger charge is -2.29. The number of nitrogens with one attached hydrogen (secondary N) is 2. The van der Waals surface area contributed by atoms with E-state index in [0.29, 0.717) is 36.8 Å². The molecule has 2 amide bonds. The fourth-order valence-corrected chi connectivity index (χ4v) is 3.88. The third-order valence-electron chi connectivity index (χ3n) is 5.26. The zero-order chi connectivity index (χ0) is 19.2. The van der Waals surface area contributed by atoms with Crippen LogP contribution in [0.25, 0.3) is 0 Å². The summed E-state index contributed by atoms with van der Waals surface area (Å²) in [5.74, 6) is -0.413. The summed E-state index contributed by atoms with van der Waals surface area (Å²) in [4.78, 5) is 27.0. The standard InChI is InChI=1S/C20H28ClN3O3/c1-14(22-20(26)15-7-11-27-12-8-15)19(25)23-16-5-6-18(17(21)13-16)24-9-3-2-4-10-24/h5-6,13-15H,2-4,7-12H2,1H3,(H,22,26)(H,23,25)/t14-/m0/s1. The number of hydrogen-bond acceptors (Lipinski definition) is 4. The average Bonchev–Trinajstić information content (AvgIpc) is 2.69. The van der Waals surface area contributed by atoms with Crippen molar-refractivity contribution in [3.63, 3.8) is 0 Å². The van der Waals surface area contributed by atoms with Crippen molar-refractivity contribution in [3.05, 3.63) is 23.2 Å². The lowest BCUT2D eigenvalue weighted by Crippen LogP contribution is -2.45. The molecule has 6 nitrogen and oxygen atoms in total. The van der Waals surface area contributed by atoms with Crippen LogP contribution in [0.3, 0.4) is 0 Å². The average molecular weight is 394 g/mol. The van der Waals surface area contributed by atoms with Gasteiger partial charge in [-0.1, -0.05) is 11.6 Å². The van der Waals surface area contributed by atoms with Gasteiger partial charge in [-0.15, -0.1) is 0 Å². The number of anilines is 2. The molecule has 0 aliphatic carbocycles. The molecule has 3 rings (SSSR count). The first-order valence-electron chi connectivity index (χ1n) is 9.78. The highest BCUT2D eigenvalue weighted by atomic mass is 35.5. The smallest absolute Gasteiger partial charge is 0.246 e. The third-order valence-corrected chi connectivity index (χ3v) is 5.56. The molecule has 0 aromatic heterocycles. The number of carbonyl (C=O) groups is 2. The maximum Gasteiger partial charge on any atom is 0.246 e. The summed E-state index contributed by atoms with van der Waals surface area (Å²) >= 11 is 6.44. The van der Waals surface area contributed by atoms with Crippen LogP contribution >= 0.6 is 11.6 Å². The van der Waals surface area contributed by atoms with E-state index in [1.165, 1.54) is 19.3 Å². The number of carbonyl (C=O) groups excluding carboxylic acids is 2. The van der Waals surface area contributed by atoms with Crippen molar-refractivity contribution in [3.8, 4) is 0 Å². The molecule has 0 spiro atoms. The second-order valence-electron chi connectivity index (χ2n) is 7.32. The topological polar surface area (TPSA) is 70.7 Å². The van der Waals surface area contributed by atoms with E-state index >= 15 is 0 Å². The van der Waals surface area contributed by atoms with E-state index in [1.54, 1.807) is 13.0 Å². The maximum absolute atomic E-state index is 12.4. The second kappa shape index (κ2) is 9.42. The first-order valence-corrected chi connectivity index (χ1v) is 10.2. The summed E-state index contributed by atoms with van der Waals surface area (Å²) in [6.45, 7) is 4.92. The molecule has 0 unspecified atom stereocenters. The van der Waals surface area contributed by atoms with Crippen molar-refractivity contribution in [1.82, 2.24) is 5.32 Å². The Morgan fingerprint density at radius 1 is 1.19 bits per heavy atom. The van der Waals surface area contributed by atoms with Gasteiger partial charge in [0.25, 0.3) is 0 Å². The molecular formula is C20H28ClN3O3. The van der Waals surface area contributed by atoms with Gasteiger partial charge in [-0.2, -0.15) is 0 Å². The molecule has 0 bridgehead atoms. The first kappa shape index (κ1) is 20.0. The molecule has 27 heavy (non-hydrogen) atoms. The highest BCUT2D eigenvalue weighted by molar-refractivity contribution is 6.33. The molecule has 0 radical (unpaired) electrons. The molecule has 1 aromatic rings. The quantitative estimate of drug-likeness (QED) is 0.805. The SMILES string of the molecule is C[C@H](NC(=O)C1CCOCC1)C(=O)Nc1ccc(N2CCCCC2)c(Cl)c1. The molecule has 1 atom stereocenters. The number of benzene rings is 1. The molecule has 2 saturated heterocycles. The molecule has 2 N–H and O–H groups in total. The van der Waals surface area contributed by atoms with Gasteiger partial charge in [-0.25, -0.2) is 0 Å². The molecular weight excluding hydrogens is 366 g/mol. The molecule has 2 fully saturated rings. The summed E-state index contributed by atoms with van der Waals surface area (Å²) < 4.78 is 5.27. The van der Waals surface area contributed by atoms with Gasteiger partial charge in [0.2, 0.25) is 11.8 Å². The minimum absolute atomic E-state index is 0.0766. The summed E-state index contributed by atoms with van der Waals surface area (Å²) in [6.07, 6.45) is 5.03. The lowest BCUT2D eigenvalue weighted by atomic mass is 9.99. The maximum atomic E-state index is 12.4. The van der Waals surface area contributed by atoms with Crippen LogP contribution in [0.1, 0.15) is 39.0 Å². The lowest BCUT2D eigenvalue weighted by molar-refractivity contribution is -0.131. The Labute approximate surface area is 165 Å². The van der Waals surface area contributed by atoms with Crippen molar-refractivity contribution in [1.29, 1.82) is 0 Å². The number of rotatable bonds is 5. The number of halogens is 1. The van der Waals surface area contributed by atoms with Gasteiger partial charge in [0, 0.05) is 37.9 Å². The van der Waals surface area contributed by atoms with Crippen LogP contribution in [-0.4, -0.2) is 44.2 Å². The zero-order valence-corrected chi connectivity index (χ0v) is 16.6. The van der Waals surface area contributed by atoms with Crippen LogP contribution in [0.2, 0.25) is 5.02 Å². The molecule has 0 saturated carbocycles. The summed E-state index contributed by atoms with van der Waals surface area (Å²) in [6, 6.07) is 4.98. The first-order chi connectivity index (χ1) is 13.0. The molecule has 148 valence electrons. The normalized spacial score (nSPS) is 19.4. The van der Waals surface area contributed by atoms with Crippen molar-refractivity contribution >= 4 is 34.8 Å². The summed E-state index contributed by atoms with van der Waals surface area (Å²) in [7, 11) is 0. The fourth-order valence-electron chi connectivity index (χ4n) is 3.58. The molecule has 2 heterocycles. The van der Waals surface area contributed by atoms with Crippen LogP contribution < -0.4 is 15.5 Å².